The highest BCUT2D eigenvalue weighted by molar-refractivity contribution is 5.94. The summed E-state index contributed by atoms with van der Waals surface area (Å²) in [4.78, 5) is 5.70. The molecule has 1 N–H and O–H groups in total. The summed E-state index contributed by atoms with van der Waals surface area (Å²) in [5.41, 5.74) is -5.37. The lowest BCUT2D eigenvalue weighted by Crippen LogP contribution is -2.54. The first-order valence-corrected chi connectivity index (χ1v) is 9.08. The molecular formula is C19H24F6N2O2. The molecule has 0 saturated carbocycles. The van der Waals surface area contributed by atoms with E-state index in [1.807, 2.05) is 0 Å². The molecule has 164 valence electrons. The number of anilines is 1. The monoisotopic (exact) mass is 426 g/mol. The van der Waals surface area contributed by atoms with Gasteiger partial charge in [0.1, 0.15) is 6.61 Å². The van der Waals surface area contributed by atoms with E-state index >= 15 is 0 Å². The van der Waals surface area contributed by atoms with Crippen LogP contribution in [0.4, 0.5) is 32.0 Å². The van der Waals surface area contributed by atoms with E-state index in [1.54, 1.807) is 34.7 Å². The van der Waals surface area contributed by atoms with Crippen LogP contribution in [0.2, 0.25) is 0 Å². The Morgan fingerprint density at radius 2 is 1.41 bits per heavy atom. The van der Waals surface area contributed by atoms with Gasteiger partial charge in [-0.3, -0.25) is 4.90 Å². The molecule has 0 bridgehead atoms. The number of hydrogen-bond acceptors (Lipinski definition) is 4. The van der Waals surface area contributed by atoms with Crippen molar-refractivity contribution in [1.29, 1.82) is 0 Å². The second-order valence-corrected chi connectivity index (χ2v) is 7.59. The fraction of sp³-hybridized carbons (Fsp3) is 0.632. The molecular weight excluding hydrogens is 402 g/mol. The van der Waals surface area contributed by atoms with Crippen molar-refractivity contribution in [1.82, 2.24) is 0 Å². The van der Waals surface area contributed by atoms with Gasteiger partial charge in [0, 0.05) is 12.6 Å². The Morgan fingerprint density at radius 1 is 0.966 bits per heavy atom. The molecule has 0 saturated heterocycles. The number of amidine groups is 1. The number of halogens is 6. The first-order valence-electron chi connectivity index (χ1n) is 9.08. The quantitative estimate of drug-likeness (QED) is 0.684. The van der Waals surface area contributed by atoms with E-state index in [0.29, 0.717) is 18.8 Å². The van der Waals surface area contributed by atoms with Gasteiger partial charge >= 0.3 is 12.4 Å². The van der Waals surface area contributed by atoms with Crippen molar-refractivity contribution < 1.29 is 36.2 Å². The van der Waals surface area contributed by atoms with Gasteiger partial charge < -0.3 is 9.84 Å². The zero-order chi connectivity index (χ0) is 22.4. The molecule has 0 fully saturated rings. The number of rotatable bonds is 4. The van der Waals surface area contributed by atoms with E-state index in [9.17, 15) is 31.4 Å². The largest absolute Gasteiger partial charge is 0.463 e. The normalized spacial score (nSPS) is 15.7. The predicted molar refractivity (Wildman–Crippen MR) is 97.3 cm³/mol. The molecule has 0 amide bonds. The van der Waals surface area contributed by atoms with Gasteiger partial charge in [0.2, 0.25) is 0 Å². The average molecular weight is 426 g/mol. The minimum absolute atomic E-state index is 0.221. The summed E-state index contributed by atoms with van der Waals surface area (Å²) in [6, 6.07) is 1.79. The zero-order valence-electron chi connectivity index (χ0n) is 16.7. The summed E-state index contributed by atoms with van der Waals surface area (Å²) >= 11 is 0. The van der Waals surface area contributed by atoms with E-state index in [2.05, 4.69) is 4.99 Å². The van der Waals surface area contributed by atoms with Gasteiger partial charge in [-0.15, -0.1) is 0 Å². The van der Waals surface area contributed by atoms with Crippen LogP contribution in [0.5, 0.6) is 0 Å². The Kier molecular flexibility index (Phi) is 6.19. The molecule has 10 heteroatoms. The minimum atomic E-state index is -5.94. The van der Waals surface area contributed by atoms with Crippen molar-refractivity contribution in [3.63, 3.8) is 0 Å². The third-order valence-electron chi connectivity index (χ3n) is 4.84. The van der Waals surface area contributed by atoms with Crippen LogP contribution in [0.1, 0.15) is 56.2 Å². The van der Waals surface area contributed by atoms with Crippen molar-refractivity contribution >= 4 is 11.7 Å². The molecule has 1 aliphatic heterocycles. The van der Waals surface area contributed by atoms with Crippen molar-refractivity contribution in [2.45, 2.75) is 57.5 Å². The fourth-order valence-corrected chi connectivity index (χ4v) is 3.27. The Labute approximate surface area is 165 Å². The lowest BCUT2D eigenvalue weighted by Gasteiger charge is -2.35. The van der Waals surface area contributed by atoms with Crippen LogP contribution in [0.3, 0.4) is 0 Å². The number of nitrogens with zero attached hydrogens (tertiary/aromatic N) is 2. The second kappa shape index (κ2) is 7.70. The summed E-state index contributed by atoms with van der Waals surface area (Å²) in [6.07, 6.45) is -11.9. The molecule has 0 aromatic heterocycles. The van der Waals surface area contributed by atoms with Gasteiger partial charge in [0.05, 0.1) is 12.2 Å². The molecule has 2 rings (SSSR count). The maximum absolute atomic E-state index is 13.4. The number of ether oxygens (including phenoxy) is 1. The van der Waals surface area contributed by atoms with E-state index in [0.717, 1.165) is 12.1 Å². The van der Waals surface area contributed by atoms with Gasteiger partial charge in [-0.25, -0.2) is 4.99 Å². The highest BCUT2D eigenvalue weighted by atomic mass is 19.4. The van der Waals surface area contributed by atoms with E-state index in [4.69, 9.17) is 4.74 Å². The maximum Gasteiger partial charge on any atom is 0.430 e. The topological polar surface area (TPSA) is 45.1 Å². The van der Waals surface area contributed by atoms with Crippen molar-refractivity contribution in [2.75, 3.05) is 25.1 Å². The lowest BCUT2D eigenvalue weighted by molar-refractivity contribution is -0.376. The van der Waals surface area contributed by atoms with Gasteiger partial charge in [0.25, 0.3) is 11.6 Å². The van der Waals surface area contributed by atoms with Gasteiger partial charge in [-0.1, -0.05) is 27.7 Å². The Hall–Kier alpha value is -1.97. The predicted octanol–water partition coefficient (Wildman–Crippen LogP) is 5.07. The fourth-order valence-electron chi connectivity index (χ4n) is 3.27. The highest BCUT2D eigenvalue weighted by Crippen LogP contribution is 2.52. The zero-order valence-corrected chi connectivity index (χ0v) is 16.7. The van der Waals surface area contributed by atoms with Gasteiger partial charge in [0.15, 0.2) is 0 Å². The van der Waals surface area contributed by atoms with Crippen LogP contribution in [0.25, 0.3) is 0 Å². The molecule has 0 spiro atoms. The van der Waals surface area contributed by atoms with Crippen molar-refractivity contribution in [3.05, 3.63) is 28.8 Å². The summed E-state index contributed by atoms with van der Waals surface area (Å²) in [5.74, 6) is -0.866. The molecule has 0 unspecified atom stereocenters. The SMILES string of the molecule is CC(C)c1cc(C(O)(C(F)(F)F)C(F)(F)F)cc(C(C)C)c1N(C)C1=NCCO1. The van der Waals surface area contributed by atoms with Crippen LogP contribution in [0.15, 0.2) is 17.1 Å². The number of aliphatic hydroxyl groups is 1. The molecule has 29 heavy (non-hydrogen) atoms. The smallest absolute Gasteiger partial charge is 0.430 e. The molecule has 0 atom stereocenters. The van der Waals surface area contributed by atoms with Gasteiger partial charge in [-0.05, 0) is 35.1 Å². The van der Waals surface area contributed by atoms with Crippen molar-refractivity contribution in [2.24, 2.45) is 4.99 Å². The van der Waals surface area contributed by atoms with Crippen LogP contribution in [-0.4, -0.2) is 43.7 Å². The molecule has 1 aliphatic rings. The van der Waals surface area contributed by atoms with Crippen LogP contribution in [0, 0.1) is 0 Å². The maximum atomic E-state index is 13.4. The number of alkyl halides is 6. The molecule has 1 aromatic rings. The van der Waals surface area contributed by atoms with Crippen LogP contribution < -0.4 is 4.90 Å². The molecule has 4 nitrogen and oxygen atoms in total. The van der Waals surface area contributed by atoms with E-state index in [1.165, 1.54) is 4.90 Å². The molecule has 1 aromatic carbocycles. The summed E-state index contributed by atoms with van der Waals surface area (Å²) in [5, 5.41) is 9.90. The minimum Gasteiger partial charge on any atom is -0.463 e. The van der Waals surface area contributed by atoms with E-state index < -0.39 is 35.4 Å². The second-order valence-electron chi connectivity index (χ2n) is 7.59. The first-order chi connectivity index (χ1) is 13.1. The van der Waals surface area contributed by atoms with Gasteiger partial charge in [-0.2, -0.15) is 26.3 Å². The number of benzene rings is 1. The standard InChI is InChI=1S/C19H24F6N2O2/c1-10(2)13-8-12(17(28,18(20,21)22)19(23,24)25)9-14(11(3)4)15(13)27(5)16-26-6-7-29-16/h8-11,28H,6-7H2,1-5H3. The Bertz CT molecular complexity index is 741. The van der Waals surface area contributed by atoms with Crippen molar-refractivity contribution in [3.8, 4) is 0 Å². The first kappa shape index (κ1) is 23.3. The van der Waals surface area contributed by atoms with E-state index in [-0.39, 0.29) is 17.1 Å². The summed E-state index contributed by atoms with van der Waals surface area (Å²) in [6.45, 7) is 7.35. The van der Waals surface area contributed by atoms with Crippen LogP contribution >= 0.6 is 0 Å². The molecule has 0 aliphatic carbocycles. The Morgan fingerprint density at radius 3 is 1.72 bits per heavy atom. The molecule has 0 radical (unpaired) electrons. The number of aliphatic imine (C=N–C) groups is 1. The van der Waals surface area contributed by atoms with Crippen LogP contribution in [-0.2, 0) is 10.3 Å². The summed E-state index contributed by atoms with van der Waals surface area (Å²) < 4.78 is 86.0. The highest BCUT2D eigenvalue weighted by Gasteiger charge is 2.71. The number of hydrogen-bond donors (Lipinski definition) is 1. The third-order valence-corrected chi connectivity index (χ3v) is 4.84. The lowest BCUT2D eigenvalue weighted by atomic mass is 9.83. The Balaban J connectivity index is 2.84. The average Bonchev–Trinajstić information content (AvgIpc) is 3.11. The summed E-state index contributed by atoms with van der Waals surface area (Å²) in [7, 11) is 1.59. The molecule has 1 heterocycles. The third kappa shape index (κ3) is 4.04.